The highest BCUT2D eigenvalue weighted by Gasteiger charge is 2.22. The van der Waals surface area contributed by atoms with E-state index in [1.165, 1.54) is 12.8 Å². The van der Waals surface area contributed by atoms with Crippen molar-refractivity contribution in [1.29, 1.82) is 0 Å². The number of aromatic nitrogens is 5. The topological polar surface area (TPSA) is 72.9 Å². The van der Waals surface area contributed by atoms with Crippen LogP contribution < -0.4 is 0 Å². The van der Waals surface area contributed by atoms with Crippen LogP contribution in [-0.2, 0) is 13.1 Å². The van der Waals surface area contributed by atoms with Gasteiger partial charge in [-0.25, -0.2) is 4.98 Å². The van der Waals surface area contributed by atoms with Crippen LogP contribution in [0.25, 0.3) is 0 Å². The van der Waals surface area contributed by atoms with Crippen molar-refractivity contribution in [1.82, 2.24) is 29.9 Å². The zero-order valence-corrected chi connectivity index (χ0v) is 12.6. The molecule has 0 N–H and O–H groups in total. The maximum atomic E-state index is 5.70. The Morgan fingerprint density at radius 2 is 2.29 bits per heavy atom. The quantitative estimate of drug-likeness (QED) is 0.834. The Hall–Kier alpha value is -1.76. The standard InChI is InChI=1S/C14H22N6O/c1-11(2)14-18-17-13(21-14)8-19-5-3-4-12(6-19)7-20-10-15-9-16-20/h9-12H,3-8H2,1-2H3/t12-/m1/s1. The Balaban J connectivity index is 1.55. The minimum absolute atomic E-state index is 0.285. The van der Waals surface area contributed by atoms with E-state index in [2.05, 4.69) is 39.0 Å². The monoisotopic (exact) mass is 290 g/mol. The molecule has 2 aromatic rings. The van der Waals surface area contributed by atoms with E-state index in [4.69, 9.17) is 4.42 Å². The lowest BCUT2D eigenvalue weighted by atomic mass is 9.98. The molecule has 1 saturated heterocycles. The van der Waals surface area contributed by atoms with Gasteiger partial charge in [-0.2, -0.15) is 5.10 Å². The number of rotatable bonds is 5. The first-order valence-corrected chi connectivity index (χ1v) is 7.57. The summed E-state index contributed by atoms with van der Waals surface area (Å²) in [7, 11) is 0. The summed E-state index contributed by atoms with van der Waals surface area (Å²) in [6.07, 6.45) is 5.81. The van der Waals surface area contributed by atoms with Crippen molar-refractivity contribution < 1.29 is 4.42 Å². The fraction of sp³-hybridized carbons (Fsp3) is 0.714. The van der Waals surface area contributed by atoms with Crippen LogP contribution in [0.15, 0.2) is 17.1 Å². The Bertz CT molecular complexity index is 550. The van der Waals surface area contributed by atoms with Crippen molar-refractivity contribution in [3.05, 3.63) is 24.4 Å². The molecular weight excluding hydrogens is 268 g/mol. The van der Waals surface area contributed by atoms with Crippen LogP contribution in [0.4, 0.5) is 0 Å². The van der Waals surface area contributed by atoms with Gasteiger partial charge in [-0.3, -0.25) is 9.58 Å². The first-order valence-electron chi connectivity index (χ1n) is 7.57. The molecule has 1 fully saturated rings. The molecule has 1 aliphatic heterocycles. The summed E-state index contributed by atoms with van der Waals surface area (Å²) >= 11 is 0. The maximum Gasteiger partial charge on any atom is 0.230 e. The van der Waals surface area contributed by atoms with Crippen molar-refractivity contribution in [2.75, 3.05) is 13.1 Å². The summed E-state index contributed by atoms with van der Waals surface area (Å²) in [6, 6.07) is 0. The molecule has 3 heterocycles. The zero-order valence-electron chi connectivity index (χ0n) is 12.6. The van der Waals surface area contributed by atoms with E-state index >= 15 is 0 Å². The Morgan fingerprint density at radius 3 is 3.00 bits per heavy atom. The van der Waals surface area contributed by atoms with E-state index in [0.717, 1.165) is 38.0 Å². The fourth-order valence-corrected chi connectivity index (χ4v) is 2.79. The zero-order chi connectivity index (χ0) is 14.7. The van der Waals surface area contributed by atoms with Gasteiger partial charge in [-0.1, -0.05) is 13.8 Å². The van der Waals surface area contributed by atoms with Crippen LogP contribution in [0.5, 0.6) is 0 Å². The van der Waals surface area contributed by atoms with Gasteiger partial charge >= 0.3 is 0 Å². The molecule has 0 aliphatic carbocycles. The molecule has 1 atom stereocenters. The second-order valence-corrected chi connectivity index (χ2v) is 6.05. The lowest BCUT2D eigenvalue weighted by Crippen LogP contribution is -2.36. The second kappa shape index (κ2) is 6.34. The number of hydrogen-bond acceptors (Lipinski definition) is 6. The third-order valence-electron chi connectivity index (χ3n) is 3.85. The predicted molar refractivity (Wildman–Crippen MR) is 76.4 cm³/mol. The van der Waals surface area contributed by atoms with Gasteiger partial charge in [0, 0.05) is 19.0 Å². The SMILES string of the molecule is CC(C)c1nnc(CN2CCC[C@@H](Cn3cncn3)C2)o1. The average molecular weight is 290 g/mol. The summed E-state index contributed by atoms with van der Waals surface area (Å²) in [4.78, 5) is 6.39. The molecule has 0 aromatic carbocycles. The molecule has 0 unspecified atom stereocenters. The van der Waals surface area contributed by atoms with Gasteiger partial charge in [0.05, 0.1) is 6.54 Å². The van der Waals surface area contributed by atoms with Crippen LogP contribution in [0.3, 0.4) is 0 Å². The largest absolute Gasteiger partial charge is 0.424 e. The summed E-state index contributed by atoms with van der Waals surface area (Å²) in [5.74, 6) is 2.34. The lowest BCUT2D eigenvalue weighted by molar-refractivity contribution is 0.141. The number of nitrogens with zero attached hydrogens (tertiary/aromatic N) is 6. The molecule has 0 radical (unpaired) electrons. The molecular formula is C14H22N6O. The first-order chi connectivity index (χ1) is 10.2. The molecule has 0 amide bonds. The van der Waals surface area contributed by atoms with Crippen LogP contribution in [0.2, 0.25) is 0 Å². The Kier molecular flexibility index (Phi) is 4.28. The normalized spacial score (nSPS) is 20.2. The van der Waals surface area contributed by atoms with E-state index in [0.29, 0.717) is 5.92 Å². The van der Waals surface area contributed by atoms with Crippen molar-refractivity contribution in [3.63, 3.8) is 0 Å². The van der Waals surface area contributed by atoms with Gasteiger partial charge in [0.25, 0.3) is 0 Å². The van der Waals surface area contributed by atoms with Crippen molar-refractivity contribution in [2.24, 2.45) is 5.92 Å². The highest BCUT2D eigenvalue weighted by molar-refractivity contribution is 4.88. The van der Waals surface area contributed by atoms with Crippen molar-refractivity contribution in [2.45, 2.75) is 45.7 Å². The third kappa shape index (κ3) is 3.66. The maximum absolute atomic E-state index is 5.70. The van der Waals surface area contributed by atoms with Gasteiger partial charge in [0.15, 0.2) is 0 Å². The minimum atomic E-state index is 0.285. The van der Waals surface area contributed by atoms with Gasteiger partial charge in [-0.05, 0) is 25.3 Å². The Labute approximate surface area is 124 Å². The third-order valence-corrected chi connectivity index (χ3v) is 3.85. The first kappa shape index (κ1) is 14.2. The average Bonchev–Trinajstić information content (AvgIpc) is 3.11. The van der Waals surface area contributed by atoms with Crippen LogP contribution in [0, 0.1) is 5.92 Å². The molecule has 21 heavy (non-hydrogen) atoms. The highest BCUT2D eigenvalue weighted by Crippen LogP contribution is 2.20. The summed E-state index contributed by atoms with van der Waals surface area (Å²) in [6.45, 7) is 7.93. The second-order valence-electron chi connectivity index (χ2n) is 6.05. The molecule has 7 nitrogen and oxygen atoms in total. The Morgan fingerprint density at radius 1 is 1.38 bits per heavy atom. The number of piperidine rings is 1. The highest BCUT2D eigenvalue weighted by atomic mass is 16.4. The van der Waals surface area contributed by atoms with Crippen LogP contribution in [0.1, 0.15) is 44.4 Å². The summed E-state index contributed by atoms with van der Waals surface area (Å²) < 4.78 is 7.61. The molecule has 2 aromatic heterocycles. The van der Waals surface area contributed by atoms with Crippen LogP contribution >= 0.6 is 0 Å². The number of hydrogen-bond donors (Lipinski definition) is 0. The van der Waals surface area contributed by atoms with Gasteiger partial charge in [-0.15, -0.1) is 10.2 Å². The lowest BCUT2D eigenvalue weighted by Gasteiger charge is -2.31. The fourth-order valence-electron chi connectivity index (χ4n) is 2.79. The molecule has 3 rings (SSSR count). The van der Waals surface area contributed by atoms with Crippen molar-refractivity contribution >= 4 is 0 Å². The molecule has 114 valence electrons. The van der Waals surface area contributed by atoms with E-state index in [9.17, 15) is 0 Å². The molecule has 0 saturated carbocycles. The van der Waals surface area contributed by atoms with Crippen molar-refractivity contribution in [3.8, 4) is 0 Å². The molecule has 7 heteroatoms. The van der Waals surface area contributed by atoms with Gasteiger partial charge in [0.2, 0.25) is 11.8 Å². The number of likely N-dealkylation sites (tertiary alicyclic amines) is 1. The minimum Gasteiger partial charge on any atom is -0.424 e. The van der Waals surface area contributed by atoms with Gasteiger partial charge < -0.3 is 4.42 Å². The molecule has 0 bridgehead atoms. The summed E-state index contributed by atoms with van der Waals surface area (Å²) in [5.41, 5.74) is 0. The van der Waals surface area contributed by atoms with E-state index in [1.807, 2.05) is 4.68 Å². The predicted octanol–water partition coefficient (Wildman–Crippen LogP) is 1.70. The smallest absolute Gasteiger partial charge is 0.230 e. The van der Waals surface area contributed by atoms with Crippen LogP contribution in [-0.4, -0.2) is 43.0 Å². The van der Waals surface area contributed by atoms with E-state index in [1.54, 1.807) is 12.7 Å². The summed E-state index contributed by atoms with van der Waals surface area (Å²) in [5, 5.41) is 12.4. The van der Waals surface area contributed by atoms with Gasteiger partial charge in [0.1, 0.15) is 12.7 Å². The van der Waals surface area contributed by atoms with E-state index < -0.39 is 0 Å². The molecule has 1 aliphatic rings. The molecule has 0 spiro atoms. The van der Waals surface area contributed by atoms with E-state index in [-0.39, 0.29) is 5.92 Å².